The molecule has 0 aliphatic carbocycles. The second-order valence-electron chi connectivity index (χ2n) is 5.21. The van der Waals surface area contributed by atoms with Crippen molar-refractivity contribution in [2.75, 3.05) is 0 Å². The largest absolute Gasteiger partial charge is 0.426 e. The maximum Gasteiger partial charge on any atom is 0.308 e. The minimum Gasteiger partial charge on any atom is -0.426 e. The van der Waals surface area contributed by atoms with E-state index in [0.717, 1.165) is 5.56 Å². The molecule has 0 saturated heterocycles. The summed E-state index contributed by atoms with van der Waals surface area (Å²) in [4.78, 5) is 11.4. The lowest BCUT2D eigenvalue weighted by atomic mass is 10.2. The Morgan fingerprint density at radius 3 is 2.39 bits per heavy atom. The Morgan fingerprint density at radius 1 is 1.04 bits per heavy atom. The zero-order valence-corrected chi connectivity index (χ0v) is 13.5. The summed E-state index contributed by atoms with van der Waals surface area (Å²) in [6, 6.07) is 13.2. The molecule has 0 bridgehead atoms. The molecule has 0 amide bonds. The highest BCUT2D eigenvalue weighted by Gasteiger charge is 2.20. The van der Waals surface area contributed by atoms with Crippen LogP contribution in [0.3, 0.4) is 0 Å². The topological polar surface area (TPSA) is 65.4 Å². The number of esters is 1. The average Bonchev–Trinajstić information content (AvgIpc) is 2.93. The SMILES string of the molecule is CC(=O)Oc1cccc2c1ccn2S(=O)(=O)c1ccc(C)cc1. The van der Waals surface area contributed by atoms with E-state index in [1.165, 1.54) is 17.1 Å². The Labute approximate surface area is 134 Å². The molecule has 0 aliphatic rings. The van der Waals surface area contributed by atoms with Crippen LogP contribution in [0.15, 0.2) is 59.6 Å². The van der Waals surface area contributed by atoms with Crippen LogP contribution in [0, 0.1) is 6.92 Å². The van der Waals surface area contributed by atoms with Crippen LogP contribution < -0.4 is 4.74 Å². The fraction of sp³-hybridized carbons (Fsp3) is 0.118. The van der Waals surface area contributed by atoms with Crippen molar-refractivity contribution in [3.8, 4) is 5.75 Å². The second kappa shape index (κ2) is 5.55. The molecule has 0 aliphatic heterocycles. The molecule has 1 heterocycles. The monoisotopic (exact) mass is 329 g/mol. The highest BCUT2D eigenvalue weighted by molar-refractivity contribution is 7.90. The van der Waals surface area contributed by atoms with Crippen molar-refractivity contribution in [1.29, 1.82) is 0 Å². The van der Waals surface area contributed by atoms with Crippen LogP contribution in [-0.2, 0) is 14.8 Å². The lowest BCUT2D eigenvalue weighted by Gasteiger charge is -2.09. The van der Waals surface area contributed by atoms with Crippen molar-refractivity contribution >= 4 is 26.9 Å². The van der Waals surface area contributed by atoms with Gasteiger partial charge in [0, 0.05) is 18.5 Å². The van der Waals surface area contributed by atoms with Gasteiger partial charge in [0.2, 0.25) is 0 Å². The number of aromatic nitrogens is 1. The molecule has 2 aromatic carbocycles. The van der Waals surface area contributed by atoms with Gasteiger partial charge >= 0.3 is 5.97 Å². The number of rotatable bonds is 3. The van der Waals surface area contributed by atoms with Gasteiger partial charge in [-0.05, 0) is 37.3 Å². The number of carbonyl (C=O) groups excluding carboxylic acids is 1. The highest BCUT2D eigenvalue weighted by atomic mass is 32.2. The number of ether oxygens (including phenoxy) is 1. The summed E-state index contributed by atoms with van der Waals surface area (Å²) in [5.74, 6) is -0.112. The van der Waals surface area contributed by atoms with E-state index in [9.17, 15) is 13.2 Å². The third-order valence-electron chi connectivity index (χ3n) is 3.49. The Hall–Kier alpha value is -2.60. The van der Waals surface area contributed by atoms with Gasteiger partial charge in [-0.3, -0.25) is 4.79 Å². The Bertz CT molecular complexity index is 985. The van der Waals surface area contributed by atoms with Crippen LogP contribution in [0.5, 0.6) is 5.75 Å². The molecule has 118 valence electrons. The van der Waals surface area contributed by atoms with Crippen LogP contribution >= 0.6 is 0 Å². The molecule has 1 aromatic heterocycles. The van der Waals surface area contributed by atoms with Gasteiger partial charge in [0.05, 0.1) is 10.4 Å². The molecule has 0 saturated carbocycles. The van der Waals surface area contributed by atoms with Crippen LogP contribution in [0.25, 0.3) is 10.9 Å². The number of carbonyl (C=O) groups is 1. The molecule has 0 N–H and O–H groups in total. The summed E-state index contributed by atoms with van der Waals surface area (Å²) in [6.45, 7) is 3.20. The third kappa shape index (κ3) is 2.73. The zero-order valence-electron chi connectivity index (χ0n) is 12.7. The normalized spacial score (nSPS) is 11.6. The van der Waals surface area contributed by atoms with Gasteiger partial charge in [-0.15, -0.1) is 0 Å². The first-order chi connectivity index (χ1) is 10.9. The summed E-state index contributed by atoms with van der Waals surface area (Å²) in [5, 5.41) is 0.568. The van der Waals surface area contributed by atoms with E-state index < -0.39 is 16.0 Å². The Kier molecular flexibility index (Phi) is 3.69. The number of aryl methyl sites for hydroxylation is 1. The fourth-order valence-corrected chi connectivity index (χ4v) is 3.74. The van der Waals surface area contributed by atoms with E-state index in [0.29, 0.717) is 16.7 Å². The molecule has 6 heteroatoms. The van der Waals surface area contributed by atoms with Gasteiger partial charge in [0.25, 0.3) is 10.0 Å². The van der Waals surface area contributed by atoms with Crippen molar-refractivity contribution in [3.63, 3.8) is 0 Å². The van der Waals surface area contributed by atoms with E-state index in [-0.39, 0.29) is 4.90 Å². The van der Waals surface area contributed by atoms with E-state index in [1.807, 2.05) is 6.92 Å². The maximum atomic E-state index is 12.8. The quantitative estimate of drug-likeness (QED) is 0.547. The molecule has 0 radical (unpaired) electrons. The van der Waals surface area contributed by atoms with Crippen molar-refractivity contribution in [2.45, 2.75) is 18.7 Å². The van der Waals surface area contributed by atoms with Gasteiger partial charge < -0.3 is 4.74 Å². The number of nitrogens with zero attached hydrogens (tertiary/aromatic N) is 1. The fourth-order valence-electron chi connectivity index (χ4n) is 2.39. The third-order valence-corrected chi connectivity index (χ3v) is 5.19. The van der Waals surface area contributed by atoms with Gasteiger partial charge in [-0.25, -0.2) is 12.4 Å². The number of hydrogen-bond donors (Lipinski definition) is 0. The number of hydrogen-bond acceptors (Lipinski definition) is 4. The minimum absolute atomic E-state index is 0.207. The smallest absolute Gasteiger partial charge is 0.308 e. The molecule has 0 atom stereocenters. The standard InChI is InChI=1S/C17H15NO4S/c1-12-6-8-14(9-7-12)23(20,21)18-11-10-15-16(18)4-3-5-17(15)22-13(2)19/h3-11H,1-2H3. The molecule has 3 rings (SSSR count). The van der Waals surface area contributed by atoms with Crippen LogP contribution in [0.4, 0.5) is 0 Å². The molecular formula is C17H15NO4S. The van der Waals surface area contributed by atoms with Crippen LogP contribution in [0.1, 0.15) is 12.5 Å². The minimum atomic E-state index is -3.71. The average molecular weight is 329 g/mol. The summed E-state index contributed by atoms with van der Waals surface area (Å²) in [5.41, 5.74) is 1.45. The van der Waals surface area contributed by atoms with Crippen molar-refractivity contribution in [2.24, 2.45) is 0 Å². The molecule has 5 nitrogen and oxygen atoms in total. The van der Waals surface area contributed by atoms with Crippen molar-refractivity contribution in [3.05, 3.63) is 60.3 Å². The van der Waals surface area contributed by atoms with E-state index >= 15 is 0 Å². The molecule has 0 unspecified atom stereocenters. The first kappa shape index (κ1) is 15.3. The predicted octanol–water partition coefficient (Wildman–Crippen LogP) is 3.11. The van der Waals surface area contributed by atoms with Gasteiger partial charge in [-0.2, -0.15) is 0 Å². The maximum absolute atomic E-state index is 12.8. The van der Waals surface area contributed by atoms with Gasteiger partial charge in [-0.1, -0.05) is 23.8 Å². The predicted molar refractivity (Wildman–Crippen MR) is 87.0 cm³/mol. The number of fused-ring (bicyclic) bond motifs is 1. The highest BCUT2D eigenvalue weighted by Crippen LogP contribution is 2.29. The van der Waals surface area contributed by atoms with E-state index in [4.69, 9.17) is 4.74 Å². The Morgan fingerprint density at radius 2 is 1.74 bits per heavy atom. The van der Waals surface area contributed by atoms with E-state index in [2.05, 4.69) is 0 Å². The van der Waals surface area contributed by atoms with E-state index in [1.54, 1.807) is 48.5 Å². The van der Waals surface area contributed by atoms with Crippen molar-refractivity contribution in [1.82, 2.24) is 3.97 Å². The second-order valence-corrected chi connectivity index (χ2v) is 7.03. The summed E-state index contributed by atoms with van der Waals surface area (Å²) >= 11 is 0. The lowest BCUT2D eigenvalue weighted by Crippen LogP contribution is -2.11. The van der Waals surface area contributed by atoms with Crippen LogP contribution in [0.2, 0.25) is 0 Å². The van der Waals surface area contributed by atoms with Gasteiger partial charge in [0.1, 0.15) is 5.75 Å². The zero-order chi connectivity index (χ0) is 16.6. The first-order valence-corrected chi connectivity index (χ1v) is 8.44. The summed E-state index contributed by atoms with van der Waals surface area (Å²) in [6.07, 6.45) is 1.47. The molecule has 3 aromatic rings. The molecular weight excluding hydrogens is 314 g/mol. The van der Waals surface area contributed by atoms with Gasteiger partial charge in [0.15, 0.2) is 0 Å². The molecule has 0 spiro atoms. The number of benzene rings is 2. The summed E-state index contributed by atoms with van der Waals surface area (Å²) in [7, 11) is -3.71. The van der Waals surface area contributed by atoms with Crippen molar-refractivity contribution < 1.29 is 17.9 Å². The molecule has 0 fully saturated rings. The summed E-state index contributed by atoms with van der Waals surface area (Å²) < 4.78 is 31.9. The molecule has 23 heavy (non-hydrogen) atoms. The lowest BCUT2D eigenvalue weighted by molar-refractivity contribution is -0.131. The Balaban J connectivity index is 2.17. The first-order valence-electron chi connectivity index (χ1n) is 7.00. The van der Waals surface area contributed by atoms with Crippen LogP contribution in [-0.4, -0.2) is 18.4 Å².